The number of fused-ring (bicyclic) bond motifs is 2. The van der Waals surface area contributed by atoms with Crippen LogP contribution in [0.25, 0.3) is 0 Å². The summed E-state index contributed by atoms with van der Waals surface area (Å²) in [6.45, 7) is 2.13. The normalized spacial score (nSPS) is 13.8. The van der Waals surface area contributed by atoms with E-state index in [0.717, 1.165) is 12.1 Å². The van der Waals surface area contributed by atoms with Gasteiger partial charge in [-0.2, -0.15) is 0 Å². The van der Waals surface area contributed by atoms with E-state index >= 15 is 0 Å². The summed E-state index contributed by atoms with van der Waals surface area (Å²) in [4.78, 5) is 0. The molecule has 5 nitrogen and oxygen atoms in total. The smallest absolute Gasteiger partial charge is 0.504 e. The van der Waals surface area contributed by atoms with Crippen molar-refractivity contribution in [1.82, 2.24) is 0 Å². The zero-order chi connectivity index (χ0) is 18.2. The molecule has 132 valence electrons. The maximum atomic E-state index is 6.05. The van der Waals surface area contributed by atoms with Crippen LogP contribution in [0.2, 0.25) is 0 Å². The Labute approximate surface area is 158 Å². The second kappa shape index (κ2) is 6.50. The fourth-order valence-electron chi connectivity index (χ4n) is 3.28. The maximum absolute atomic E-state index is 6.05. The lowest BCUT2D eigenvalue weighted by Crippen LogP contribution is -2.58. The van der Waals surface area contributed by atoms with Crippen LogP contribution in [0, 0.1) is 0 Å². The van der Waals surface area contributed by atoms with E-state index in [1.807, 2.05) is 65.4 Å². The number of para-hydroxylation sites is 4. The Kier molecular flexibility index (Phi) is 3.85. The van der Waals surface area contributed by atoms with Gasteiger partial charge in [0.1, 0.15) is 23.0 Å². The highest BCUT2D eigenvalue weighted by Crippen LogP contribution is 2.38. The van der Waals surface area contributed by atoms with Gasteiger partial charge >= 0.3 is 14.5 Å². The van der Waals surface area contributed by atoms with Gasteiger partial charge in [0.15, 0.2) is 0 Å². The van der Waals surface area contributed by atoms with Crippen LogP contribution in [0.15, 0.2) is 72.8 Å². The lowest BCUT2D eigenvalue weighted by atomic mass is 9.87. The average molecular weight is 357 g/mol. The van der Waals surface area contributed by atoms with Crippen molar-refractivity contribution in [3.63, 3.8) is 0 Å². The topological polar surface area (TPSA) is 40.2 Å². The molecular formula is C20H17B2NO4. The van der Waals surface area contributed by atoms with E-state index in [1.54, 1.807) is 0 Å². The van der Waals surface area contributed by atoms with E-state index in [-0.39, 0.29) is 0 Å². The van der Waals surface area contributed by atoms with Crippen LogP contribution in [-0.4, -0.2) is 14.5 Å². The largest absolute Gasteiger partial charge is 0.731 e. The number of aryl methyl sites for hydroxylation is 1. The molecule has 2 heterocycles. The fourth-order valence-corrected chi connectivity index (χ4v) is 3.28. The molecule has 7 heteroatoms. The monoisotopic (exact) mass is 357 g/mol. The summed E-state index contributed by atoms with van der Waals surface area (Å²) in [5.41, 5.74) is 2.12. The predicted molar refractivity (Wildman–Crippen MR) is 105 cm³/mol. The van der Waals surface area contributed by atoms with Crippen molar-refractivity contribution in [2.45, 2.75) is 13.3 Å². The number of hydrogen-bond acceptors (Lipinski definition) is 5. The van der Waals surface area contributed by atoms with Crippen molar-refractivity contribution >= 4 is 20.2 Å². The van der Waals surface area contributed by atoms with Gasteiger partial charge in [-0.25, -0.2) is 0 Å². The van der Waals surface area contributed by atoms with Crippen molar-refractivity contribution in [2.24, 2.45) is 0 Å². The SMILES string of the molecule is CCc1cccc(N(B2Oc3ccccc3O2)B2Oc3ccccc3O2)c1. The van der Waals surface area contributed by atoms with E-state index in [2.05, 4.69) is 19.1 Å². The molecule has 0 unspecified atom stereocenters. The molecule has 0 atom stereocenters. The number of benzene rings is 3. The molecular weight excluding hydrogens is 340 g/mol. The quantitative estimate of drug-likeness (QED) is 0.661. The first-order valence-electron chi connectivity index (χ1n) is 9.04. The van der Waals surface area contributed by atoms with Crippen molar-refractivity contribution in [3.8, 4) is 23.0 Å². The van der Waals surface area contributed by atoms with Gasteiger partial charge in [0.05, 0.1) is 0 Å². The Bertz CT molecular complexity index is 878. The summed E-state index contributed by atoms with van der Waals surface area (Å²) in [5, 5.41) is 0. The van der Waals surface area contributed by atoms with Gasteiger partial charge in [-0.15, -0.1) is 0 Å². The summed E-state index contributed by atoms with van der Waals surface area (Å²) in [6.07, 6.45) is 0.931. The molecule has 0 saturated carbocycles. The number of hydrogen-bond donors (Lipinski definition) is 0. The van der Waals surface area contributed by atoms with E-state index < -0.39 is 14.5 Å². The zero-order valence-electron chi connectivity index (χ0n) is 14.9. The molecule has 0 fully saturated rings. The molecule has 2 aliphatic rings. The lowest BCUT2D eigenvalue weighted by Gasteiger charge is -2.25. The molecule has 0 N–H and O–H groups in total. The van der Waals surface area contributed by atoms with Crippen LogP contribution in [0.5, 0.6) is 23.0 Å². The molecule has 0 amide bonds. The van der Waals surface area contributed by atoms with E-state index in [4.69, 9.17) is 18.6 Å². The number of rotatable bonds is 4. The highest BCUT2D eigenvalue weighted by molar-refractivity contribution is 6.74. The van der Waals surface area contributed by atoms with Gasteiger partial charge in [-0.1, -0.05) is 43.3 Å². The Morgan fingerprint density at radius 3 is 1.59 bits per heavy atom. The Morgan fingerprint density at radius 1 is 0.667 bits per heavy atom. The van der Waals surface area contributed by atoms with Crippen molar-refractivity contribution < 1.29 is 18.6 Å². The van der Waals surface area contributed by atoms with Crippen LogP contribution >= 0.6 is 0 Å². The van der Waals surface area contributed by atoms with Crippen molar-refractivity contribution in [2.75, 3.05) is 4.72 Å². The first-order chi connectivity index (χ1) is 13.3. The van der Waals surface area contributed by atoms with Crippen LogP contribution in [0.3, 0.4) is 0 Å². The molecule has 27 heavy (non-hydrogen) atoms. The molecule has 3 aromatic carbocycles. The maximum Gasteiger partial charge on any atom is 0.731 e. The molecule has 3 aromatic rings. The van der Waals surface area contributed by atoms with Gasteiger partial charge < -0.3 is 23.3 Å². The van der Waals surface area contributed by atoms with E-state index in [9.17, 15) is 0 Å². The summed E-state index contributed by atoms with van der Waals surface area (Å²) in [5.74, 6) is 2.81. The Balaban J connectivity index is 1.51. The second-order valence-corrected chi connectivity index (χ2v) is 6.41. The van der Waals surface area contributed by atoms with Crippen LogP contribution in [-0.2, 0) is 6.42 Å². The molecule has 0 spiro atoms. The predicted octanol–water partition coefficient (Wildman–Crippen LogP) is 3.97. The van der Waals surface area contributed by atoms with Gasteiger partial charge in [-0.05, 0) is 48.4 Å². The van der Waals surface area contributed by atoms with E-state index in [1.165, 1.54) is 5.56 Å². The summed E-state index contributed by atoms with van der Waals surface area (Å²) < 4.78 is 26.1. The van der Waals surface area contributed by atoms with Gasteiger partial charge in [0.2, 0.25) is 0 Å². The van der Waals surface area contributed by atoms with Gasteiger partial charge in [0.25, 0.3) is 0 Å². The van der Waals surface area contributed by atoms with Gasteiger partial charge in [-0.3, -0.25) is 0 Å². The molecule has 0 bridgehead atoms. The zero-order valence-corrected chi connectivity index (χ0v) is 14.9. The standard InChI is InChI=1S/C20H17B2NO4/c1-2-15-8-7-9-16(14-15)23(21-24-17-10-3-4-11-18(17)25-21)22-26-19-12-5-6-13-20(19)27-22/h3-14H,2H2,1H3. The van der Waals surface area contributed by atoms with E-state index in [0.29, 0.717) is 23.0 Å². The number of anilines is 1. The minimum Gasteiger partial charge on any atom is -0.504 e. The third-order valence-electron chi connectivity index (χ3n) is 4.68. The molecule has 5 rings (SSSR count). The van der Waals surface area contributed by atoms with Crippen molar-refractivity contribution in [3.05, 3.63) is 78.4 Å². The molecule has 0 aromatic heterocycles. The minimum atomic E-state index is -0.686. The summed E-state index contributed by atoms with van der Waals surface area (Å²) in [6, 6.07) is 23.5. The average Bonchev–Trinajstić information content (AvgIpc) is 3.32. The first-order valence-corrected chi connectivity index (χ1v) is 9.04. The Hall–Kier alpha value is -3.21. The van der Waals surface area contributed by atoms with Crippen LogP contribution < -0.4 is 23.3 Å². The lowest BCUT2D eigenvalue weighted by molar-refractivity contribution is 0.466. The van der Waals surface area contributed by atoms with Gasteiger partial charge in [0, 0.05) is 5.69 Å². The molecule has 0 radical (unpaired) electrons. The van der Waals surface area contributed by atoms with Crippen LogP contribution in [0.4, 0.5) is 5.69 Å². The third kappa shape index (κ3) is 2.85. The minimum absolute atomic E-state index is 0.686. The fraction of sp³-hybridized carbons (Fsp3) is 0.100. The highest BCUT2D eigenvalue weighted by atomic mass is 16.7. The highest BCUT2D eigenvalue weighted by Gasteiger charge is 2.52. The third-order valence-corrected chi connectivity index (χ3v) is 4.68. The van der Waals surface area contributed by atoms with Crippen LogP contribution in [0.1, 0.15) is 12.5 Å². The van der Waals surface area contributed by atoms with Crippen molar-refractivity contribution in [1.29, 1.82) is 0 Å². The molecule has 0 saturated heterocycles. The summed E-state index contributed by atoms with van der Waals surface area (Å²) in [7, 11) is -1.37. The Morgan fingerprint density at radius 2 is 1.15 bits per heavy atom. The molecule has 0 aliphatic carbocycles. The number of nitrogens with zero attached hydrogens (tertiary/aromatic N) is 1. The second-order valence-electron chi connectivity index (χ2n) is 6.41. The first kappa shape index (κ1) is 16.0. The summed E-state index contributed by atoms with van der Waals surface area (Å²) >= 11 is 0. The molecule has 2 aliphatic heterocycles.